The van der Waals surface area contributed by atoms with Gasteiger partial charge in [-0.15, -0.1) is 0 Å². The van der Waals surface area contributed by atoms with Gasteiger partial charge >= 0.3 is 0 Å². The van der Waals surface area contributed by atoms with Crippen LogP contribution in [0, 0.1) is 11.3 Å². The van der Waals surface area contributed by atoms with Crippen molar-refractivity contribution >= 4 is 0 Å². The van der Waals surface area contributed by atoms with Crippen molar-refractivity contribution in [3.05, 3.63) is 29.8 Å². The van der Waals surface area contributed by atoms with Crippen LogP contribution < -0.4 is 0 Å². The summed E-state index contributed by atoms with van der Waals surface area (Å²) in [6, 6.07) is 7.54. The monoisotopic (exact) mass is 311 g/mol. The first kappa shape index (κ1) is 16.6. The van der Waals surface area contributed by atoms with Gasteiger partial charge in [-0.05, 0) is 17.7 Å². The third kappa shape index (κ3) is 3.36. The lowest BCUT2D eigenvalue weighted by molar-refractivity contribution is -0.307. The molecule has 8 nitrogen and oxygen atoms in total. The van der Waals surface area contributed by atoms with Gasteiger partial charge in [-0.2, -0.15) is 5.26 Å². The average Bonchev–Trinajstić information content (AvgIpc) is 2.53. The van der Waals surface area contributed by atoms with Gasteiger partial charge in [0.1, 0.15) is 30.2 Å². The van der Waals surface area contributed by atoms with Crippen molar-refractivity contribution in [1.82, 2.24) is 0 Å². The van der Waals surface area contributed by atoms with E-state index in [1.807, 2.05) is 6.07 Å². The molecule has 0 spiro atoms. The molecule has 1 aliphatic heterocycles. The lowest BCUT2D eigenvalue weighted by Gasteiger charge is -2.40. The van der Waals surface area contributed by atoms with Gasteiger partial charge < -0.3 is 35.0 Å². The molecular formula is C14H17NO7. The molecule has 0 amide bonds. The third-order valence-electron chi connectivity index (χ3n) is 3.43. The molecule has 1 saturated heterocycles. The Kier molecular flexibility index (Phi) is 5.31. The zero-order valence-corrected chi connectivity index (χ0v) is 11.5. The minimum absolute atomic E-state index is 0.0216. The predicted molar refractivity (Wildman–Crippen MR) is 71.3 cm³/mol. The van der Waals surface area contributed by atoms with Crippen LogP contribution in [0.15, 0.2) is 24.3 Å². The summed E-state index contributed by atoms with van der Waals surface area (Å²) in [5, 5.41) is 56.7. The molecule has 1 aromatic rings. The van der Waals surface area contributed by atoms with Gasteiger partial charge in [-0.1, -0.05) is 12.1 Å². The van der Waals surface area contributed by atoms with Crippen LogP contribution in [0.3, 0.4) is 0 Å². The molecule has 0 bridgehead atoms. The standard InChI is InChI=1S/C14H17NO7/c15-5-9(7-1-3-8(17)4-2-7)21-14-13(20)12(19)11(18)10(6-16)22-14/h1-4,9-14,16-20H,6H2/t9-,10+,11+,12-,13+,14+/m1/s1. The molecule has 5 N–H and O–H groups in total. The molecule has 2 rings (SSSR count). The molecular weight excluding hydrogens is 294 g/mol. The van der Waals surface area contributed by atoms with E-state index in [1.165, 1.54) is 24.3 Å². The van der Waals surface area contributed by atoms with Gasteiger partial charge in [0.25, 0.3) is 0 Å². The molecule has 0 saturated carbocycles. The second kappa shape index (κ2) is 7.02. The topological polar surface area (TPSA) is 143 Å². The first-order chi connectivity index (χ1) is 10.5. The summed E-state index contributed by atoms with van der Waals surface area (Å²) in [7, 11) is 0. The number of hydrogen-bond acceptors (Lipinski definition) is 8. The van der Waals surface area contributed by atoms with Gasteiger partial charge in [0.15, 0.2) is 12.4 Å². The van der Waals surface area contributed by atoms with E-state index < -0.39 is 43.4 Å². The van der Waals surface area contributed by atoms with Crippen LogP contribution in [0.2, 0.25) is 0 Å². The van der Waals surface area contributed by atoms with Gasteiger partial charge in [0.05, 0.1) is 12.7 Å². The van der Waals surface area contributed by atoms with E-state index in [0.717, 1.165) is 0 Å². The van der Waals surface area contributed by atoms with Crippen molar-refractivity contribution in [2.45, 2.75) is 36.8 Å². The number of nitrogens with zero attached hydrogens (tertiary/aromatic N) is 1. The molecule has 6 atom stereocenters. The highest BCUT2D eigenvalue weighted by atomic mass is 16.7. The zero-order valence-electron chi connectivity index (χ0n) is 11.5. The lowest BCUT2D eigenvalue weighted by atomic mass is 9.99. The average molecular weight is 311 g/mol. The zero-order chi connectivity index (χ0) is 16.3. The summed E-state index contributed by atoms with van der Waals surface area (Å²) in [6.07, 6.45) is -8.27. The number of phenols is 1. The van der Waals surface area contributed by atoms with Gasteiger partial charge in [-0.25, -0.2) is 0 Å². The van der Waals surface area contributed by atoms with Crippen molar-refractivity contribution in [1.29, 1.82) is 5.26 Å². The summed E-state index contributed by atoms with van der Waals surface area (Å²) < 4.78 is 10.5. The lowest BCUT2D eigenvalue weighted by Crippen LogP contribution is -2.59. The minimum Gasteiger partial charge on any atom is -0.508 e. The van der Waals surface area contributed by atoms with Crippen molar-refractivity contribution in [3.8, 4) is 11.8 Å². The Morgan fingerprint density at radius 2 is 1.77 bits per heavy atom. The molecule has 22 heavy (non-hydrogen) atoms. The fourth-order valence-electron chi connectivity index (χ4n) is 2.15. The number of aliphatic hydroxyl groups excluding tert-OH is 4. The summed E-state index contributed by atoms with van der Waals surface area (Å²) in [4.78, 5) is 0. The number of ether oxygens (including phenoxy) is 2. The van der Waals surface area contributed by atoms with E-state index in [1.54, 1.807) is 0 Å². The number of benzene rings is 1. The normalized spacial score (nSPS) is 33.1. The second-order valence-corrected chi connectivity index (χ2v) is 4.93. The fourth-order valence-corrected chi connectivity index (χ4v) is 2.15. The quantitative estimate of drug-likeness (QED) is 0.465. The van der Waals surface area contributed by atoms with Crippen molar-refractivity contribution in [2.75, 3.05) is 6.61 Å². The Labute approximate surface area is 126 Å². The van der Waals surface area contributed by atoms with Gasteiger partial charge in [0.2, 0.25) is 0 Å². The van der Waals surface area contributed by atoms with Crippen LogP contribution in [-0.4, -0.2) is 62.8 Å². The molecule has 1 aliphatic rings. The summed E-state index contributed by atoms with van der Waals surface area (Å²) in [5.41, 5.74) is 0.414. The maximum absolute atomic E-state index is 9.87. The van der Waals surface area contributed by atoms with Gasteiger partial charge in [-0.3, -0.25) is 0 Å². The van der Waals surface area contributed by atoms with Crippen molar-refractivity contribution < 1.29 is 35.0 Å². The van der Waals surface area contributed by atoms with E-state index in [-0.39, 0.29) is 5.75 Å². The van der Waals surface area contributed by atoms with E-state index in [4.69, 9.17) is 14.6 Å². The molecule has 1 heterocycles. The first-order valence-corrected chi connectivity index (χ1v) is 6.62. The first-order valence-electron chi connectivity index (χ1n) is 6.62. The largest absolute Gasteiger partial charge is 0.508 e. The molecule has 1 aromatic carbocycles. The minimum atomic E-state index is -1.58. The maximum atomic E-state index is 9.87. The highest BCUT2D eigenvalue weighted by Crippen LogP contribution is 2.27. The number of hydrogen-bond donors (Lipinski definition) is 5. The molecule has 0 aliphatic carbocycles. The fraction of sp³-hybridized carbons (Fsp3) is 0.500. The van der Waals surface area contributed by atoms with E-state index >= 15 is 0 Å². The number of aromatic hydroxyl groups is 1. The molecule has 8 heteroatoms. The molecule has 1 fully saturated rings. The molecule has 0 unspecified atom stereocenters. The third-order valence-corrected chi connectivity index (χ3v) is 3.43. The number of nitriles is 1. The summed E-state index contributed by atoms with van der Waals surface area (Å²) in [6.45, 7) is -0.582. The van der Waals surface area contributed by atoms with Crippen LogP contribution in [-0.2, 0) is 9.47 Å². The van der Waals surface area contributed by atoms with Crippen LogP contribution in [0.1, 0.15) is 11.7 Å². The Morgan fingerprint density at radius 1 is 1.14 bits per heavy atom. The van der Waals surface area contributed by atoms with E-state index in [2.05, 4.69) is 0 Å². The van der Waals surface area contributed by atoms with Gasteiger partial charge in [0, 0.05) is 0 Å². The molecule has 0 radical (unpaired) electrons. The van der Waals surface area contributed by atoms with Crippen LogP contribution >= 0.6 is 0 Å². The van der Waals surface area contributed by atoms with Crippen molar-refractivity contribution in [2.24, 2.45) is 0 Å². The predicted octanol–water partition coefficient (Wildman–Crippen LogP) is -1.23. The number of aliphatic hydroxyl groups is 4. The highest BCUT2D eigenvalue weighted by Gasteiger charge is 2.44. The molecule has 0 aromatic heterocycles. The van der Waals surface area contributed by atoms with Crippen LogP contribution in [0.5, 0.6) is 5.75 Å². The smallest absolute Gasteiger partial charge is 0.188 e. The van der Waals surface area contributed by atoms with E-state index in [9.17, 15) is 25.7 Å². The summed E-state index contributed by atoms with van der Waals surface area (Å²) in [5.74, 6) is 0.0216. The number of rotatable bonds is 4. The van der Waals surface area contributed by atoms with E-state index in [0.29, 0.717) is 5.56 Å². The van der Waals surface area contributed by atoms with Crippen LogP contribution in [0.25, 0.3) is 0 Å². The Balaban J connectivity index is 2.13. The Morgan fingerprint density at radius 3 is 2.32 bits per heavy atom. The molecule has 120 valence electrons. The van der Waals surface area contributed by atoms with Crippen molar-refractivity contribution in [3.63, 3.8) is 0 Å². The number of phenolic OH excluding ortho intramolecular Hbond substituents is 1. The highest BCUT2D eigenvalue weighted by molar-refractivity contribution is 5.29. The van der Waals surface area contributed by atoms with Crippen LogP contribution in [0.4, 0.5) is 0 Å². The maximum Gasteiger partial charge on any atom is 0.188 e. The Bertz CT molecular complexity index is 527. The SMILES string of the molecule is N#C[C@@H](O[C@H]1O[C@@H](CO)[C@H](O)[C@@H](O)[C@@H]1O)c1ccc(O)cc1. The summed E-state index contributed by atoms with van der Waals surface area (Å²) >= 11 is 0. The Hall–Kier alpha value is -1.73. The second-order valence-electron chi connectivity index (χ2n) is 4.93.